The van der Waals surface area contributed by atoms with Gasteiger partial charge in [-0.25, -0.2) is 0 Å². The van der Waals surface area contributed by atoms with Crippen molar-refractivity contribution < 1.29 is 0 Å². The van der Waals surface area contributed by atoms with Crippen molar-refractivity contribution in [1.82, 2.24) is 15.2 Å². The Labute approximate surface area is 86.5 Å². The molecule has 1 aromatic heterocycles. The molecule has 0 radical (unpaired) electrons. The number of hydrogen-bond donors (Lipinski definition) is 2. The van der Waals surface area contributed by atoms with Crippen molar-refractivity contribution in [3.8, 4) is 0 Å². The first-order valence-corrected chi connectivity index (χ1v) is 5.22. The third-order valence-corrected chi connectivity index (χ3v) is 2.16. The van der Waals surface area contributed by atoms with Crippen LogP contribution in [0.15, 0.2) is 18.5 Å². The summed E-state index contributed by atoms with van der Waals surface area (Å²) in [5, 5.41) is 3.41. The zero-order chi connectivity index (χ0) is 10.4. The number of aromatic amines is 1. The Kier molecular flexibility index (Phi) is 4.70. The van der Waals surface area contributed by atoms with E-state index in [0.717, 1.165) is 19.6 Å². The highest BCUT2D eigenvalue weighted by atomic mass is 15.1. The highest BCUT2D eigenvalue weighted by Gasteiger charge is 2.00. The van der Waals surface area contributed by atoms with Gasteiger partial charge in [0.25, 0.3) is 0 Å². The lowest BCUT2D eigenvalue weighted by Crippen LogP contribution is -2.32. The van der Waals surface area contributed by atoms with E-state index in [4.69, 9.17) is 0 Å². The molecule has 2 N–H and O–H groups in total. The van der Waals surface area contributed by atoms with Gasteiger partial charge < -0.3 is 15.2 Å². The van der Waals surface area contributed by atoms with E-state index >= 15 is 0 Å². The van der Waals surface area contributed by atoms with Crippen molar-refractivity contribution in [3.63, 3.8) is 0 Å². The lowest BCUT2D eigenvalue weighted by Gasteiger charge is -2.17. The van der Waals surface area contributed by atoms with Gasteiger partial charge in [-0.3, -0.25) is 0 Å². The van der Waals surface area contributed by atoms with Gasteiger partial charge in [0.05, 0.1) is 0 Å². The second-order valence-corrected chi connectivity index (χ2v) is 4.07. The van der Waals surface area contributed by atoms with Crippen molar-refractivity contribution in [2.75, 3.05) is 20.1 Å². The first-order valence-electron chi connectivity index (χ1n) is 5.22. The average molecular weight is 195 g/mol. The minimum absolute atomic E-state index is 0.579. The van der Waals surface area contributed by atoms with Gasteiger partial charge in [-0.2, -0.15) is 0 Å². The second kappa shape index (κ2) is 5.83. The molecule has 0 aliphatic rings. The van der Waals surface area contributed by atoms with Crippen molar-refractivity contribution in [3.05, 3.63) is 24.0 Å². The van der Waals surface area contributed by atoms with Crippen LogP contribution in [0.3, 0.4) is 0 Å². The van der Waals surface area contributed by atoms with Crippen molar-refractivity contribution in [1.29, 1.82) is 0 Å². The maximum Gasteiger partial charge on any atom is 0.0246 e. The molecule has 3 heteroatoms. The van der Waals surface area contributed by atoms with Crippen LogP contribution >= 0.6 is 0 Å². The van der Waals surface area contributed by atoms with E-state index in [0.29, 0.717) is 6.04 Å². The van der Waals surface area contributed by atoms with Gasteiger partial charge in [0, 0.05) is 38.1 Å². The number of likely N-dealkylation sites (N-methyl/N-ethyl adjacent to an activating group) is 1. The van der Waals surface area contributed by atoms with E-state index in [1.807, 2.05) is 12.4 Å². The molecular weight excluding hydrogens is 174 g/mol. The molecule has 0 spiro atoms. The summed E-state index contributed by atoms with van der Waals surface area (Å²) >= 11 is 0. The maximum atomic E-state index is 3.41. The molecule has 0 atom stereocenters. The normalized spacial score (nSPS) is 11.5. The van der Waals surface area contributed by atoms with E-state index in [-0.39, 0.29) is 0 Å². The minimum atomic E-state index is 0.579. The van der Waals surface area contributed by atoms with Crippen LogP contribution in [0.2, 0.25) is 0 Å². The minimum Gasteiger partial charge on any atom is -0.367 e. The highest BCUT2D eigenvalue weighted by molar-refractivity contribution is 5.07. The highest BCUT2D eigenvalue weighted by Crippen LogP contribution is 2.00. The molecule has 0 fully saturated rings. The molecule has 80 valence electrons. The van der Waals surface area contributed by atoms with E-state index in [1.54, 1.807) is 0 Å². The lowest BCUT2D eigenvalue weighted by molar-refractivity contribution is 0.320. The van der Waals surface area contributed by atoms with Crippen LogP contribution in [0.5, 0.6) is 0 Å². The van der Waals surface area contributed by atoms with Crippen LogP contribution in [0, 0.1) is 0 Å². The van der Waals surface area contributed by atoms with E-state index in [1.165, 1.54) is 5.56 Å². The van der Waals surface area contributed by atoms with Gasteiger partial charge in [-0.05, 0) is 18.7 Å². The van der Waals surface area contributed by atoms with Gasteiger partial charge in [0.15, 0.2) is 0 Å². The topological polar surface area (TPSA) is 31.1 Å². The van der Waals surface area contributed by atoms with Gasteiger partial charge in [0.2, 0.25) is 0 Å². The van der Waals surface area contributed by atoms with Gasteiger partial charge in [-0.15, -0.1) is 0 Å². The molecule has 0 unspecified atom stereocenters. The zero-order valence-electron chi connectivity index (χ0n) is 9.38. The lowest BCUT2D eigenvalue weighted by atomic mass is 10.3. The number of aromatic nitrogens is 1. The number of rotatable bonds is 6. The average Bonchev–Trinajstić information content (AvgIpc) is 2.56. The predicted octanol–water partition coefficient (Wildman–Crippen LogP) is 1.44. The third kappa shape index (κ3) is 4.44. The van der Waals surface area contributed by atoms with Gasteiger partial charge in [-0.1, -0.05) is 13.8 Å². The quantitative estimate of drug-likeness (QED) is 0.719. The van der Waals surface area contributed by atoms with Crippen LogP contribution in [-0.2, 0) is 6.54 Å². The number of nitrogens with one attached hydrogen (secondary N) is 2. The first kappa shape index (κ1) is 11.3. The summed E-state index contributed by atoms with van der Waals surface area (Å²) in [5.41, 5.74) is 1.34. The molecule has 1 rings (SSSR count). The molecule has 0 aromatic carbocycles. The Bertz CT molecular complexity index is 229. The van der Waals surface area contributed by atoms with E-state index in [2.05, 4.69) is 42.2 Å². The standard InChI is InChI=1S/C11H21N3/c1-10(2)13-6-7-14(3)9-11-4-5-12-8-11/h4-5,8,10,12-13H,6-7,9H2,1-3H3. The Balaban J connectivity index is 2.13. The molecule has 0 saturated carbocycles. The summed E-state index contributed by atoms with van der Waals surface area (Å²) in [6, 6.07) is 2.70. The summed E-state index contributed by atoms with van der Waals surface area (Å²) < 4.78 is 0. The SMILES string of the molecule is CC(C)NCCN(C)Cc1cc[nH]c1. The number of hydrogen-bond acceptors (Lipinski definition) is 2. The van der Waals surface area contributed by atoms with Crippen LogP contribution in [0.25, 0.3) is 0 Å². The van der Waals surface area contributed by atoms with Crippen LogP contribution < -0.4 is 5.32 Å². The fourth-order valence-electron chi connectivity index (χ4n) is 1.39. The van der Waals surface area contributed by atoms with E-state index < -0.39 is 0 Å². The van der Waals surface area contributed by atoms with Crippen LogP contribution in [0.4, 0.5) is 0 Å². The summed E-state index contributed by atoms with van der Waals surface area (Å²) in [6.07, 6.45) is 4.02. The fraction of sp³-hybridized carbons (Fsp3) is 0.636. The number of nitrogens with zero attached hydrogens (tertiary/aromatic N) is 1. The summed E-state index contributed by atoms with van der Waals surface area (Å²) in [7, 11) is 2.15. The predicted molar refractivity (Wildman–Crippen MR) is 60.3 cm³/mol. The fourth-order valence-corrected chi connectivity index (χ4v) is 1.39. The van der Waals surface area contributed by atoms with Crippen LogP contribution in [0.1, 0.15) is 19.4 Å². The monoisotopic (exact) mass is 195 g/mol. The molecule has 0 bridgehead atoms. The first-order chi connectivity index (χ1) is 6.68. The largest absolute Gasteiger partial charge is 0.367 e. The molecule has 0 amide bonds. The summed E-state index contributed by atoms with van der Waals surface area (Å²) in [5.74, 6) is 0. The maximum absolute atomic E-state index is 3.41. The van der Waals surface area contributed by atoms with Crippen molar-refractivity contribution in [2.24, 2.45) is 0 Å². The third-order valence-electron chi connectivity index (χ3n) is 2.16. The molecule has 0 aliphatic heterocycles. The molecular formula is C11H21N3. The molecule has 1 heterocycles. The van der Waals surface area contributed by atoms with E-state index in [9.17, 15) is 0 Å². The Hall–Kier alpha value is -0.800. The van der Waals surface area contributed by atoms with Gasteiger partial charge in [0.1, 0.15) is 0 Å². The molecule has 1 aromatic rings. The number of H-pyrrole nitrogens is 1. The molecule has 14 heavy (non-hydrogen) atoms. The molecule has 0 aliphatic carbocycles. The molecule has 3 nitrogen and oxygen atoms in total. The second-order valence-electron chi connectivity index (χ2n) is 4.07. The van der Waals surface area contributed by atoms with Crippen LogP contribution in [-0.4, -0.2) is 36.1 Å². The van der Waals surface area contributed by atoms with Crippen molar-refractivity contribution >= 4 is 0 Å². The summed E-state index contributed by atoms with van der Waals surface area (Å²) in [6.45, 7) is 7.50. The van der Waals surface area contributed by atoms with Crippen molar-refractivity contribution in [2.45, 2.75) is 26.4 Å². The smallest absolute Gasteiger partial charge is 0.0246 e. The summed E-state index contributed by atoms with van der Waals surface area (Å²) in [4.78, 5) is 5.39. The zero-order valence-corrected chi connectivity index (χ0v) is 9.38. The Morgan fingerprint density at radius 3 is 2.86 bits per heavy atom. The molecule has 0 saturated heterocycles. The Morgan fingerprint density at radius 1 is 1.50 bits per heavy atom. The Morgan fingerprint density at radius 2 is 2.29 bits per heavy atom. The van der Waals surface area contributed by atoms with Gasteiger partial charge >= 0.3 is 0 Å².